The number of rotatable bonds is 8. The molecule has 41 heavy (non-hydrogen) atoms. The zero-order valence-corrected chi connectivity index (χ0v) is 26.0. The van der Waals surface area contributed by atoms with Crippen LogP contribution < -0.4 is 10.1 Å². The lowest BCUT2D eigenvalue weighted by atomic mass is 9.89. The minimum absolute atomic E-state index is 0.0110. The van der Waals surface area contributed by atoms with Gasteiger partial charge >= 0.3 is 0 Å². The summed E-state index contributed by atoms with van der Waals surface area (Å²) in [4.78, 5) is 17.3. The molecule has 1 aromatic heterocycles. The average Bonchev–Trinajstić information content (AvgIpc) is 3.35. The van der Waals surface area contributed by atoms with Crippen molar-refractivity contribution in [3.05, 3.63) is 81.4 Å². The number of carbonyl (C=O) groups excluding carboxylic acids is 1. The molecule has 0 bridgehead atoms. The summed E-state index contributed by atoms with van der Waals surface area (Å²) in [5.74, 6) is 0.0827. The number of thiophene rings is 1. The van der Waals surface area contributed by atoms with Gasteiger partial charge in [0.05, 0.1) is 27.6 Å². The highest BCUT2D eigenvalue weighted by Crippen LogP contribution is 2.41. The van der Waals surface area contributed by atoms with E-state index in [0.717, 1.165) is 64.2 Å². The fraction of sp³-hybridized carbons (Fsp3) is 0.344. The van der Waals surface area contributed by atoms with Crippen LogP contribution in [-0.4, -0.2) is 47.5 Å². The molecule has 1 aliphatic rings. The SMILES string of the molecule is CNC1CCC(N(Cc2cc(-c3ccccc3S(C)=O)ccc2OC)C(=O)c2sc3c(F)ccc(C)c3c2Cl)CC1. The highest BCUT2D eigenvalue weighted by atomic mass is 35.5. The Balaban J connectivity index is 1.58. The van der Waals surface area contributed by atoms with E-state index in [4.69, 9.17) is 16.3 Å². The smallest absolute Gasteiger partial charge is 0.266 e. The second kappa shape index (κ2) is 12.6. The molecule has 5 rings (SSSR count). The Hall–Kier alpha value is -2.78. The van der Waals surface area contributed by atoms with E-state index in [2.05, 4.69) is 5.32 Å². The van der Waals surface area contributed by atoms with Gasteiger partial charge in [-0.05, 0) is 80.6 Å². The van der Waals surface area contributed by atoms with Crippen molar-refractivity contribution in [2.45, 2.75) is 56.1 Å². The molecule has 4 aromatic rings. The van der Waals surface area contributed by atoms with Gasteiger partial charge in [-0.2, -0.15) is 0 Å². The first-order valence-corrected chi connectivity index (χ1v) is 16.4. The molecule has 216 valence electrons. The van der Waals surface area contributed by atoms with Crippen LogP contribution in [0.4, 0.5) is 4.39 Å². The van der Waals surface area contributed by atoms with Gasteiger partial charge in [0.25, 0.3) is 5.91 Å². The van der Waals surface area contributed by atoms with Gasteiger partial charge in [-0.15, -0.1) is 11.3 Å². The first kappa shape index (κ1) is 29.7. The number of carbonyl (C=O) groups is 1. The molecule has 1 fully saturated rings. The van der Waals surface area contributed by atoms with Crippen molar-refractivity contribution in [3.63, 3.8) is 0 Å². The number of fused-ring (bicyclic) bond motifs is 1. The number of ether oxygens (including phenoxy) is 1. The number of halogens is 2. The van der Waals surface area contributed by atoms with E-state index >= 15 is 0 Å². The van der Waals surface area contributed by atoms with Crippen LogP contribution in [0.25, 0.3) is 21.2 Å². The summed E-state index contributed by atoms with van der Waals surface area (Å²) in [6.07, 6.45) is 5.25. The van der Waals surface area contributed by atoms with Gasteiger partial charge in [0, 0.05) is 40.7 Å². The number of nitrogens with zero attached hydrogens (tertiary/aromatic N) is 1. The van der Waals surface area contributed by atoms with Crippen molar-refractivity contribution in [3.8, 4) is 16.9 Å². The quantitative estimate of drug-likeness (QED) is 0.223. The zero-order chi connectivity index (χ0) is 29.3. The van der Waals surface area contributed by atoms with E-state index < -0.39 is 10.8 Å². The molecule has 1 saturated carbocycles. The average molecular weight is 613 g/mol. The lowest BCUT2D eigenvalue weighted by molar-refractivity contribution is 0.0604. The Bertz CT molecular complexity index is 1610. The van der Waals surface area contributed by atoms with Gasteiger partial charge in [-0.3, -0.25) is 9.00 Å². The third kappa shape index (κ3) is 5.93. The molecular weight excluding hydrogens is 579 g/mol. The molecule has 0 saturated heterocycles. The van der Waals surface area contributed by atoms with Crippen molar-refractivity contribution in [2.75, 3.05) is 20.4 Å². The minimum Gasteiger partial charge on any atom is -0.496 e. The number of amides is 1. The third-order valence-corrected chi connectivity index (χ3v) is 10.7. The van der Waals surface area contributed by atoms with E-state index in [1.54, 1.807) is 19.4 Å². The number of benzene rings is 3. The normalized spacial score (nSPS) is 17.9. The number of aryl methyl sites for hydroxylation is 1. The summed E-state index contributed by atoms with van der Waals surface area (Å²) in [5.41, 5.74) is 3.45. The van der Waals surface area contributed by atoms with Crippen molar-refractivity contribution in [1.29, 1.82) is 0 Å². The second-order valence-electron chi connectivity index (χ2n) is 10.5. The first-order chi connectivity index (χ1) is 19.7. The highest BCUT2D eigenvalue weighted by Gasteiger charge is 2.33. The topological polar surface area (TPSA) is 58.6 Å². The van der Waals surface area contributed by atoms with Gasteiger partial charge in [0.1, 0.15) is 16.4 Å². The molecule has 9 heteroatoms. The number of hydrogen-bond donors (Lipinski definition) is 1. The Morgan fingerprint density at radius 3 is 2.54 bits per heavy atom. The zero-order valence-electron chi connectivity index (χ0n) is 23.6. The third-order valence-electron chi connectivity index (χ3n) is 8.07. The fourth-order valence-electron chi connectivity index (χ4n) is 5.81. The van der Waals surface area contributed by atoms with Crippen LogP contribution in [0, 0.1) is 12.7 Å². The molecule has 1 N–H and O–H groups in total. The van der Waals surface area contributed by atoms with Crippen LogP contribution >= 0.6 is 22.9 Å². The van der Waals surface area contributed by atoms with Crippen molar-refractivity contribution < 1.29 is 18.1 Å². The molecule has 0 radical (unpaired) electrons. The Morgan fingerprint density at radius 1 is 1.15 bits per heavy atom. The first-order valence-electron chi connectivity index (χ1n) is 13.7. The van der Waals surface area contributed by atoms with E-state index in [-0.39, 0.29) is 17.8 Å². The Morgan fingerprint density at radius 2 is 1.88 bits per heavy atom. The highest BCUT2D eigenvalue weighted by molar-refractivity contribution is 7.84. The van der Waals surface area contributed by atoms with Crippen molar-refractivity contribution >= 4 is 49.7 Å². The van der Waals surface area contributed by atoms with Gasteiger partial charge < -0.3 is 15.0 Å². The van der Waals surface area contributed by atoms with Crippen molar-refractivity contribution in [2.24, 2.45) is 0 Å². The van der Waals surface area contributed by atoms with Crippen LogP contribution in [0.3, 0.4) is 0 Å². The molecule has 1 heterocycles. The van der Waals surface area contributed by atoms with Gasteiger partial charge in [-0.25, -0.2) is 4.39 Å². The number of methoxy groups -OCH3 is 1. The van der Waals surface area contributed by atoms with E-state index in [0.29, 0.717) is 38.3 Å². The molecule has 1 aliphatic carbocycles. The standard InChI is InChI=1S/C32H34ClFN2O3S2/c1-19-9-15-25(34)30-28(19)29(33)31(40-30)32(37)36(23-13-11-22(35-2)12-14-23)18-21-17-20(10-16-26(21)39-3)24-7-5-6-8-27(24)41(4)38/h5-10,15-17,22-23,35H,11-14,18H2,1-4H3. The van der Waals surface area contributed by atoms with Crippen LogP contribution in [-0.2, 0) is 17.3 Å². The molecule has 3 aromatic carbocycles. The maximum atomic E-state index is 14.8. The fourth-order valence-corrected chi connectivity index (χ4v) is 8.20. The maximum Gasteiger partial charge on any atom is 0.266 e. The van der Waals surface area contributed by atoms with Gasteiger partial charge in [-0.1, -0.05) is 41.9 Å². The lowest BCUT2D eigenvalue weighted by Gasteiger charge is -2.37. The predicted octanol–water partition coefficient (Wildman–Crippen LogP) is 7.59. The lowest BCUT2D eigenvalue weighted by Crippen LogP contribution is -2.44. The Kier molecular flexibility index (Phi) is 9.14. The monoisotopic (exact) mass is 612 g/mol. The molecule has 1 atom stereocenters. The molecule has 0 spiro atoms. The molecule has 1 unspecified atom stereocenters. The Labute approximate surface area is 252 Å². The maximum absolute atomic E-state index is 14.8. The predicted molar refractivity (Wildman–Crippen MR) is 167 cm³/mol. The number of hydrogen-bond acceptors (Lipinski definition) is 5. The summed E-state index contributed by atoms with van der Waals surface area (Å²) < 4.78 is 33.4. The molecule has 5 nitrogen and oxygen atoms in total. The van der Waals surface area contributed by atoms with E-state index in [1.165, 1.54) is 6.07 Å². The van der Waals surface area contributed by atoms with Gasteiger partial charge in [0.2, 0.25) is 0 Å². The van der Waals surface area contributed by atoms with E-state index in [1.807, 2.05) is 61.3 Å². The van der Waals surface area contributed by atoms with E-state index in [9.17, 15) is 13.4 Å². The van der Waals surface area contributed by atoms with Crippen molar-refractivity contribution in [1.82, 2.24) is 10.2 Å². The summed E-state index contributed by atoms with van der Waals surface area (Å²) >= 11 is 7.92. The summed E-state index contributed by atoms with van der Waals surface area (Å²) in [6.45, 7) is 2.18. The minimum atomic E-state index is -1.17. The summed E-state index contributed by atoms with van der Waals surface area (Å²) in [5, 5.41) is 4.27. The van der Waals surface area contributed by atoms with Crippen LogP contribution in [0.1, 0.15) is 46.5 Å². The molecule has 1 amide bonds. The molecular formula is C32H34ClFN2O3S2. The van der Waals surface area contributed by atoms with Gasteiger partial charge in [0.15, 0.2) is 0 Å². The van der Waals surface area contributed by atoms with Crippen LogP contribution in [0.2, 0.25) is 5.02 Å². The molecule has 0 aliphatic heterocycles. The summed E-state index contributed by atoms with van der Waals surface area (Å²) in [6, 6.07) is 17.0. The largest absolute Gasteiger partial charge is 0.496 e. The van der Waals surface area contributed by atoms with Crippen LogP contribution in [0.5, 0.6) is 5.75 Å². The second-order valence-corrected chi connectivity index (χ2v) is 13.3. The van der Waals surface area contributed by atoms with Crippen LogP contribution in [0.15, 0.2) is 59.5 Å². The number of nitrogens with one attached hydrogen (secondary N) is 1. The summed E-state index contributed by atoms with van der Waals surface area (Å²) in [7, 11) is 2.42.